The molecule has 1 aliphatic heterocycles. The third kappa shape index (κ3) is 6.91. The molecule has 0 N–H and O–H groups in total. The Bertz CT molecular complexity index is 2140. The molecule has 2 atom stereocenters. The summed E-state index contributed by atoms with van der Waals surface area (Å²) >= 11 is 0. The average molecular weight is 708 g/mol. The van der Waals surface area contributed by atoms with E-state index in [-0.39, 0.29) is 28.9 Å². The van der Waals surface area contributed by atoms with Crippen LogP contribution in [0.1, 0.15) is 91.8 Å². The van der Waals surface area contributed by atoms with Crippen LogP contribution in [0, 0.1) is 5.92 Å². The fourth-order valence-electron chi connectivity index (χ4n) is 7.04. The Morgan fingerprint density at radius 2 is 1.58 bits per heavy atom. The third-order valence-corrected chi connectivity index (χ3v) is 9.58. The number of hydrazone groups is 1. The fraction of sp³-hybridized carbons (Fsp3) is 0.317. The number of alkyl halides is 3. The van der Waals surface area contributed by atoms with E-state index >= 15 is 0 Å². The number of fused-ring (bicyclic) bond motifs is 2. The first-order valence-electron chi connectivity index (χ1n) is 17.7. The van der Waals surface area contributed by atoms with E-state index in [0.29, 0.717) is 29.0 Å². The molecular weight excluding hydrogens is 667 g/mol. The van der Waals surface area contributed by atoms with Gasteiger partial charge < -0.3 is 9.47 Å². The van der Waals surface area contributed by atoms with Crippen molar-refractivity contribution in [1.82, 2.24) is 19.6 Å². The van der Waals surface area contributed by atoms with Crippen LogP contribution >= 0.6 is 0 Å². The largest absolute Gasteiger partial charge is 0.494 e. The number of aromatic nitrogens is 3. The third-order valence-electron chi connectivity index (χ3n) is 9.58. The zero-order valence-corrected chi connectivity index (χ0v) is 29.5. The van der Waals surface area contributed by atoms with Crippen molar-refractivity contribution in [3.05, 3.63) is 119 Å². The minimum Gasteiger partial charge on any atom is -0.494 e. The maximum absolute atomic E-state index is 14.5. The molecule has 2 aromatic heterocycles. The molecule has 11 heteroatoms. The highest BCUT2D eigenvalue weighted by atomic mass is 19.4. The molecule has 3 aromatic carbocycles. The quantitative estimate of drug-likeness (QED) is 0.152. The van der Waals surface area contributed by atoms with E-state index in [1.54, 1.807) is 12.1 Å². The summed E-state index contributed by atoms with van der Waals surface area (Å²) in [7, 11) is 0. The summed E-state index contributed by atoms with van der Waals surface area (Å²) in [5, 5.41) is 10.6. The molecular formula is C41H40F3N5O3. The van der Waals surface area contributed by atoms with Gasteiger partial charge >= 0.3 is 6.18 Å². The minimum absolute atomic E-state index is 0.0842. The van der Waals surface area contributed by atoms with Gasteiger partial charge in [0.1, 0.15) is 11.5 Å². The van der Waals surface area contributed by atoms with Crippen molar-refractivity contribution >= 4 is 23.3 Å². The van der Waals surface area contributed by atoms with Crippen molar-refractivity contribution in [2.45, 2.75) is 65.1 Å². The highest BCUT2D eigenvalue weighted by molar-refractivity contribution is 6.09. The highest BCUT2D eigenvalue weighted by Gasteiger charge is 2.45. The number of hydrogen-bond donors (Lipinski definition) is 0. The second-order valence-electron chi connectivity index (χ2n) is 13.4. The van der Waals surface area contributed by atoms with E-state index in [9.17, 15) is 18.0 Å². The molecule has 0 unspecified atom stereocenters. The highest BCUT2D eigenvalue weighted by Crippen LogP contribution is 2.45. The molecule has 268 valence electrons. The lowest BCUT2D eigenvalue weighted by molar-refractivity contribution is -0.142. The van der Waals surface area contributed by atoms with Crippen LogP contribution in [-0.2, 0) is 6.18 Å². The SMILES string of the molecule is CCOc1ccc(/C=C2\CCC[C@H]3C2=NN(C(=O)c2cc4nc(-c5ccc(C(C)C)cc5)cc(C(F)(F)F)n4n2)[C@@H]3c2ccc(OCC)cc2)cc1. The molecule has 1 amide bonds. The van der Waals surface area contributed by atoms with Gasteiger partial charge in [-0.3, -0.25) is 4.79 Å². The van der Waals surface area contributed by atoms with E-state index in [1.165, 1.54) is 11.1 Å². The second-order valence-corrected chi connectivity index (χ2v) is 13.4. The van der Waals surface area contributed by atoms with Gasteiger partial charge in [0, 0.05) is 17.5 Å². The van der Waals surface area contributed by atoms with Gasteiger partial charge in [-0.05, 0) is 97.7 Å². The number of benzene rings is 3. The van der Waals surface area contributed by atoms with E-state index in [1.807, 2.05) is 88.4 Å². The molecule has 0 spiro atoms. The summed E-state index contributed by atoms with van der Waals surface area (Å²) in [6.07, 6.45) is -0.228. The van der Waals surface area contributed by atoms with Crippen molar-refractivity contribution in [3.8, 4) is 22.8 Å². The Morgan fingerprint density at radius 1 is 0.923 bits per heavy atom. The Kier molecular flexibility index (Phi) is 9.61. The number of amides is 1. The Labute approximate surface area is 300 Å². The van der Waals surface area contributed by atoms with Crippen LogP contribution in [0.5, 0.6) is 11.5 Å². The predicted molar refractivity (Wildman–Crippen MR) is 194 cm³/mol. The van der Waals surface area contributed by atoms with E-state index in [4.69, 9.17) is 14.6 Å². The molecule has 1 fully saturated rings. The predicted octanol–water partition coefficient (Wildman–Crippen LogP) is 9.77. The van der Waals surface area contributed by atoms with Crippen LogP contribution in [-0.4, -0.2) is 44.4 Å². The summed E-state index contributed by atoms with van der Waals surface area (Å²) in [4.78, 5) is 19.0. The van der Waals surface area contributed by atoms with Crippen LogP contribution in [0.15, 0.2) is 95.6 Å². The summed E-state index contributed by atoms with van der Waals surface area (Å²) < 4.78 is 55.5. The Hall–Kier alpha value is -5.45. The molecule has 1 aliphatic carbocycles. The summed E-state index contributed by atoms with van der Waals surface area (Å²) in [5.41, 5.74) is 4.06. The average Bonchev–Trinajstić information content (AvgIpc) is 3.75. The minimum atomic E-state index is -4.76. The smallest absolute Gasteiger partial charge is 0.433 e. The first-order valence-corrected chi connectivity index (χ1v) is 17.7. The molecule has 8 nitrogen and oxygen atoms in total. The number of ether oxygens (including phenoxy) is 2. The summed E-state index contributed by atoms with van der Waals surface area (Å²) in [6, 6.07) is 24.5. The molecule has 52 heavy (non-hydrogen) atoms. The van der Waals surface area contributed by atoms with Crippen molar-refractivity contribution in [2.24, 2.45) is 11.0 Å². The topological polar surface area (TPSA) is 81.3 Å². The number of carbonyl (C=O) groups is 1. The van der Waals surface area contributed by atoms with Gasteiger partial charge in [0.2, 0.25) is 0 Å². The van der Waals surface area contributed by atoms with Gasteiger partial charge in [0.15, 0.2) is 17.0 Å². The van der Waals surface area contributed by atoms with Gasteiger partial charge in [0.05, 0.1) is 30.7 Å². The van der Waals surface area contributed by atoms with Crippen LogP contribution in [0.2, 0.25) is 0 Å². The van der Waals surface area contributed by atoms with Crippen molar-refractivity contribution in [3.63, 3.8) is 0 Å². The first kappa shape index (κ1) is 35.0. The van der Waals surface area contributed by atoms with Crippen molar-refractivity contribution in [1.29, 1.82) is 0 Å². The normalized spacial score (nSPS) is 18.2. The lowest BCUT2D eigenvalue weighted by atomic mass is 9.77. The fourth-order valence-corrected chi connectivity index (χ4v) is 7.04. The zero-order valence-electron chi connectivity index (χ0n) is 29.5. The number of allylic oxidation sites excluding steroid dienone is 1. The molecule has 3 heterocycles. The van der Waals surface area contributed by atoms with Crippen LogP contribution < -0.4 is 9.47 Å². The molecule has 5 aromatic rings. The summed E-state index contributed by atoms with van der Waals surface area (Å²) in [5.74, 6) is 1.00. The molecule has 2 aliphatic rings. The number of rotatable bonds is 9. The number of carbonyl (C=O) groups excluding carboxylic acids is 1. The first-order chi connectivity index (χ1) is 25.0. The Balaban J connectivity index is 1.30. The maximum Gasteiger partial charge on any atom is 0.433 e. The standard InChI is InChI=1S/C41H40F3N5O3/c1-5-51-31-18-10-26(11-19-31)22-30-8-7-9-33-38(30)47-49(39(33)29-16-20-32(21-17-29)52-6-2)40(50)35-24-37-45-34(23-36(41(42,43)44)48(37)46-35)28-14-12-27(13-15-28)25(3)4/h10-25,33,39H,5-9H2,1-4H3/b30-22+/t33-,39+/m0/s1. The molecule has 7 rings (SSSR count). The zero-order chi connectivity index (χ0) is 36.6. The number of halogens is 3. The van der Waals surface area contributed by atoms with E-state index in [2.05, 4.69) is 16.2 Å². The lowest BCUT2D eigenvalue weighted by Gasteiger charge is -2.29. The van der Waals surface area contributed by atoms with Gasteiger partial charge in [0.25, 0.3) is 5.91 Å². The van der Waals surface area contributed by atoms with Gasteiger partial charge in [-0.15, -0.1) is 0 Å². The van der Waals surface area contributed by atoms with Gasteiger partial charge in [-0.1, -0.05) is 62.4 Å². The maximum atomic E-state index is 14.5. The second kappa shape index (κ2) is 14.3. The lowest BCUT2D eigenvalue weighted by Crippen LogP contribution is -2.32. The monoisotopic (exact) mass is 707 g/mol. The van der Waals surface area contributed by atoms with Crippen molar-refractivity contribution in [2.75, 3.05) is 13.2 Å². The van der Waals surface area contributed by atoms with Crippen LogP contribution in [0.3, 0.4) is 0 Å². The Morgan fingerprint density at radius 3 is 2.19 bits per heavy atom. The van der Waals surface area contributed by atoms with Crippen LogP contribution in [0.25, 0.3) is 23.0 Å². The molecule has 0 saturated heterocycles. The van der Waals surface area contributed by atoms with E-state index < -0.39 is 23.8 Å². The number of nitrogens with zero attached hydrogens (tertiary/aromatic N) is 5. The number of hydrogen-bond acceptors (Lipinski definition) is 6. The summed E-state index contributed by atoms with van der Waals surface area (Å²) in [6.45, 7) is 9.02. The molecule has 1 saturated carbocycles. The molecule has 0 radical (unpaired) electrons. The van der Waals surface area contributed by atoms with Crippen LogP contribution in [0.4, 0.5) is 13.2 Å². The van der Waals surface area contributed by atoms with Gasteiger partial charge in [-0.25, -0.2) is 14.5 Å². The van der Waals surface area contributed by atoms with E-state index in [0.717, 1.165) is 59.1 Å². The van der Waals surface area contributed by atoms with Gasteiger partial charge in [-0.2, -0.15) is 23.4 Å². The van der Waals surface area contributed by atoms with Crippen molar-refractivity contribution < 1.29 is 27.4 Å². The molecule has 0 bridgehead atoms.